The molecule has 0 aliphatic heterocycles. The molecule has 2 aromatic heterocycles. The number of aromatic nitrogens is 3. The van der Waals surface area contributed by atoms with Crippen molar-refractivity contribution in [3.8, 4) is 0 Å². The zero-order valence-corrected chi connectivity index (χ0v) is 19.0. The molecule has 0 saturated carbocycles. The lowest BCUT2D eigenvalue weighted by molar-refractivity contribution is 0.0467. The summed E-state index contributed by atoms with van der Waals surface area (Å²) in [4.78, 5) is 42.3. The van der Waals surface area contributed by atoms with E-state index in [1.54, 1.807) is 36.4 Å². The number of nitrogens with zero attached hydrogens (tertiary/aromatic N) is 3. The van der Waals surface area contributed by atoms with Crippen molar-refractivity contribution in [1.82, 2.24) is 14.6 Å². The van der Waals surface area contributed by atoms with Gasteiger partial charge in [-0.05, 0) is 43.2 Å². The van der Waals surface area contributed by atoms with E-state index in [0.717, 1.165) is 23.4 Å². The summed E-state index contributed by atoms with van der Waals surface area (Å²) in [5, 5.41) is 7.90. The second-order valence-electron chi connectivity index (χ2n) is 7.45. The van der Waals surface area contributed by atoms with Crippen molar-refractivity contribution in [2.75, 3.05) is 5.32 Å². The summed E-state index contributed by atoms with van der Waals surface area (Å²) in [5.41, 5.74) is 2.20. The second-order valence-corrected chi connectivity index (χ2v) is 8.49. The van der Waals surface area contributed by atoms with Crippen LogP contribution in [0.5, 0.6) is 0 Å². The number of rotatable bonds is 7. The normalized spacial score (nSPS) is 10.8. The van der Waals surface area contributed by atoms with Crippen LogP contribution in [0.4, 0.5) is 5.69 Å². The smallest absolute Gasteiger partial charge is 0.338 e. The Hall–Kier alpha value is -3.85. The van der Waals surface area contributed by atoms with Crippen molar-refractivity contribution in [1.29, 1.82) is 0 Å². The molecule has 168 valence electrons. The van der Waals surface area contributed by atoms with E-state index in [0.29, 0.717) is 21.9 Å². The highest BCUT2D eigenvalue weighted by Gasteiger charge is 2.14. The second kappa shape index (κ2) is 9.74. The first-order valence-corrected chi connectivity index (χ1v) is 11.3. The van der Waals surface area contributed by atoms with Crippen LogP contribution in [0, 0.1) is 6.92 Å². The largest absolute Gasteiger partial charge is 0.456 e. The molecule has 0 atom stereocenters. The van der Waals surface area contributed by atoms with E-state index in [1.807, 2.05) is 26.0 Å². The van der Waals surface area contributed by atoms with E-state index in [2.05, 4.69) is 15.4 Å². The van der Waals surface area contributed by atoms with E-state index in [9.17, 15) is 14.4 Å². The van der Waals surface area contributed by atoms with Crippen LogP contribution >= 0.6 is 11.3 Å². The molecular weight excluding hydrogens is 440 g/mol. The van der Waals surface area contributed by atoms with Gasteiger partial charge in [0, 0.05) is 23.7 Å². The van der Waals surface area contributed by atoms with E-state index in [-0.39, 0.29) is 23.6 Å². The van der Waals surface area contributed by atoms with Gasteiger partial charge in [0.05, 0.1) is 11.3 Å². The molecule has 33 heavy (non-hydrogen) atoms. The van der Waals surface area contributed by atoms with Crippen LogP contribution in [-0.4, -0.2) is 26.5 Å². The molecule has 0 bridgehead atoms. The minimum Gasteiger partial charge on any atom is -0.456 e. The zero-order chi connectivity index (χ0) is 23.4. The topological polar surface area (TPSA) is 103 Å². The van der Waals surface area contributed by atoms with Crippen LogP contribution in [0.25, 0.3) is 4.96 Å². The number of anilines is 1. The molecule has 0 aliphatic carbocycles. The maximum Gasteiger partial charge on any atom is 0.338 e. The third-order valence-corrected chi connectivity index (χ3v) is 5.87. The summed E-state index contributed by atoms with van der Waals surface area (Å²) in [6, 6.07) is 15.1. The van der Waals surface area contributed by atoms with Crippen molar-refractivity contribution in [3.05, 3.63) is 92.3 Å². The average Bonchev–Trinajstić information content (AvgIpc) is 3.21. The van der Waals surface area contributed by atoms with Crippen LogP contribution < -0.4 is 10.9 Å². The van der Waals surface area contributed by atoms with Crippen LogP contribution in [0.3, 0.4) is 0 Å². The number of carbonyl (C=O) groups is 2. The monoisotopic (exact) mass is 462 g/mol. The highest BCUT2D eigenvalue weighted by molar-refractivity contribution is 7.16. The van der Waals surface area contributed by atoms with Crippen LogP contribution in [0.1, 0.15) is 50.3 Å². The number of nitrogens with one attached hydrogen (secondary N) is 1. The molecule has 4 rings (SSSR count). The van der Waals surface area contributed by atoms with Gasteiger partial charge in [-0.15, -0.1) is 0 Å². The molecule has 9 heteroatoms. The quantitative estimate of drug-likeness (QED) is 0.416. The Morgan fingerprint density at radius 3 is 2.73 bits per heavy atom. The molecule has 8 nitrogen and oxygen atoms in total. The maximum absolute atomic E-state index is 12.6. The number of hydrogen-bond acceptors (Lipinski definition) is 7. The lowest BCUT2D eigenvalue weighted by Crippen LogP contribution is -2.17. The summed E-state index contributed by atoms with van der Waals surface area (Å²) in [7, 11) is 0. The predicted molar refractivity (Wildman–Crippen MR) is 126 cm³/mol. The maximum atomic E-state index is 12.6. The Morgan fingerprint density at radius 2 is 1.94 bits per heavy atom. The third kappa shape index (κ3) is 5.15. The van der Waals surface area contributed by atoms with E-state index < -0.39 is 5.97 Å². The number of amides is 1. The molecule has 2 heterocycles. The molecule has 0 fully saturated rings. The first-order chi connectivity index (χ1) is 15.9. The molecule has 0 saturated heterocycles. The van der Waals surface area contributed by atoms with Crippen LogP contribution in [-0.2, 0) is 17.8 Å². The van der Waals surface area contributed by atoms with Gasteiger partial charge in [0.15, 0.2) is 0 Å². The fourth-order valence-electron chi connectivity index (χ4n) is 3.26. The molecule has 0 aliphatic rings. The standard InChI is InChI=1S/C24H22N4O4S/c1-3-7-20-27-28-21(29)13-18(26-24(28)33-20)14-32-23(31)16-9-6-10-17(12-16)25-22(30)19-11-5-4-8-15(19)2/h4-6,8-13H,3,7,14H2,1-2H3,(H,25,30). The SMILES string of the molecule is CCCc1nn2c(=O)cc(COC(=O)c3cccc(NC(=O)c4ccccc4C)c3)nc2s1. The number of ether oxygens (including phenoxy) is 1. The summed E-state index contributed by atoms with van der Waals surface area (Å²) in [6.07, 6.45) is 1.69. The molecule has 1 amide bonds. The van der Waals surface area contributed by atoms with Gasteiger partial charge in [-0.25, -0.2) is 9.78 Å². The number of aryl methyl sites for hydroxylation is 2. The van der Waals surface area contributed by atoms with Gasteiger partial charge < -0.3 is 10.1 Å². The summed E-state index contributed by atoms with van der Waals surface area (Å²) in [6.45, 7) is 3.75. The van der Waals surface area contributed by atoms with Gasteiger partial charge in [-0.3, -0.25) is 9.59 Å². The van der Waals surface area contributed by atoms with E-state index in [4.69, 9.17) is 4.74 Å². The molecule has 2 aromatic carbocycles. The first kappa shape index (κ1) is 22.3. The molecule has 4 aromatic rings. The van der Waals surface area contributed by atoms with Gasteiger partial charge in [0.25, 0.3) is 11.5 Å². The van der Waals surface area contributed by atoms with Crippen molar-refractivity contribution < 1.29 is 14.3 Å². The van der Waals surface area contributed by atoms with Gasteiger partial charge in [0.1, 0.15) is 11.6 Å². The molecule has 0 unspecified atom stereocenters. The summed E-state index contributed by atoms with van der Waals surface area (Å²) < 4.78 is 6.62. The molecule has 0 spiro atoms. The Morgan fingerprint density at radius 1 is 1.12 bits per heavy atom. The number of hydrogen-bond donors (Lipinski definition) is 1. The minimum absolute atomic E-state index is 0.147. The van der Waals surface area contributed by atoms with Crippen molar-refractivity contribution in [3.63, 3.8) is 0 Å². The fourth-order valence-corrected chi connectivity index (χ4v) is 4.28. The van der Waals surface area contributed by atoms with Gasteiger partial charge >= 0.3 is 5.97 Å². The minimum atomic E-state index is -0.583. The Labute approximate surface area is 193 Å². The third-order valence-electron chi connectivity index (χ3n) is 4.90. The van der Waals surface area contributed by atoms with Crippen molar-refractivity contribution in [2.24, 2.45) is 0 Å². The molecular formula is C24H22N4O4S. The fraction of sp³-hybridized carbons (Fsp3) is 0.208. The predicted octanol–water partition coefficient (Wildman–Crippen LogP) is 4.02. The Kier molecular flexibility index (Phi) is 6.60. The van der Waals surface area contributed by atoms with Gasteiger partial charge in [-0.1, -0.05) is 42.5 Å². The van der Waals surface area contributed by atoms with Crippen LogP contribution in [0.15, 0.2) is 59.4 Å². The Balaban J connectivity index is 1.44. The summed E-state index contributed by atoms with van der Waals surface area (Å²) >= 11 is 1.35. The molecule has 1 N–H and O–H groups in total. The number of fused-ring (bicyclic) bond motifs is 1. The first-order valence-electron chi connectivity index (χ1n) is 10.5. The highest BCUT2D eigenvalue weighted by Crippen LogP contribution is 2.16. The lowest BCUT2D eigenvalue weighted by atomic mass is 10.1. The Bertz CT molecular complexity index is 1390. The average molecular weight is 463 g/mol. The molecule has 0 radical (unpaired) electrons. The number of carbonyl (C=O) groups excluding carboxylic acids is 2. The van der Waals surface area contributed by atoms with Crippen molar-refractivity contribution in [2.45, 2.75) is 33.3 Å². The number of benzene rings is 2. The van der Waals surface area contributed by atoms with E-state index >= 15 is 0 Å². The lowest BCUT2D eigenvalue weighted by Gasteiger charge is -2.09. The van der Waals surface area contributed by atoms with E-state index in [1.165, 1.54) is 21.9 Å². The van der Waals surface area contributed by atoms with Crippen molar-refractivity contribution >= 4 is 33.9 Å². The van der Waals surface area contributed by atoms with Gasteiger partial charge in [-0.2, -0.15) is 9.61 Å². The number of esters is 1. The zero-order valence-electron chi connectivity index (χ0n) is 18.2. The van der Waals surface area contributed by atoms with Gasteiger partial charge in [0.2, 0.25) is 4.96 Å². The van der Waals surface area contributed by atoms with Crippen LogP contribution in [0.2, 0.25) is 0 Å². The highest BCUT2D eigenvalue weighted by atomic mass is 32.1. The summed E-state index contributed by atoms with van der Waals surface area (Å²) in [5.74, 6) is -0.844.